The van der Waals surface area contributed by atoms with Gasteiger partial charge in [-0.05, 0) is 58.0 Å². The number of hydrogen-bond acceptors (Lipinski definition) is 6. The van der Waals surface area contributed by atoms with E-state index in [-0.39, 0.29) is 65.3 Å². The zero-order chi connectivity index (χ0) is 28.9. The second-order valence-corrected chi connectivity index (χ2v) is 12.2. The fourth-order valence-corrected chi connectivity index (χ4v) is 5.43. The number of likely N-dealkylation sites (N-methyl/N-ethyl adjacent to an activating group) is 1. The molecule has 1 aliphatic heterocycles. The molecule has 3 atom stereocenters. The Hall–Kier alpha value is -3.31. The van der Waals surface area contributed by atoms with Crippen molar-refractivity contribution in [3.05, 3.63) is 53.6 Å². The Bertz CT molecular complexity index is 1270. The van der Waals surface area contributed by atoms with Crippen LogP contribution in [0, 0.1) is 12.8 Å². The maximum absolute atomic E-state index is 13.6. The van der Waals surface area contributed by atoms with E-state index in [4.69, 9.17) is 9.47 Å². The van der Waals surface area contributed by atoms with Crippen molar-refractivity contribution in [1.82, 2.24) is 15.1 Å². The first-order valence-corrected chi connectivity index (χ1v) is 14.5. The number of benzene rings is 2. The lowest BCUT2D eigenvalue weighted by molar-refractivity contribution is 0.0165. The molecule has 0 saturated heterocycles. The van der Waals surface area contributed by atoms with Crippen LogP contribution in [-0.4, -0.2) is 82.2 Å². The molecule has 0 aliphatic carbocycles. The summed E-state index contributed by atoms with van der Waals surface area (Å²) in [5.74, 6) is -0.126. The third kappa shape index (κ3) is 7.63. The average molecular weight is 561 g/mol. The third-order valence-electron chi connectivity index (χ3n) is 6.70. The summed E-state index contributed by atoms with van der Waals surface area (Å²) in [6.07, 6.45) is -0.340. The summed E-state index contributed by atoms with van der Waals surface area (Å²) >= 11 is 0. The van der Waals surface area contributed by atoms with Gasteiger partial charge in [0.1, 0.15) is 12.4 Å². The van der Waals surface area contributed by atoms with Gasteiger partial charge in [0.05, 0.1) is 22.6 Å². The lowest BCUT2D eigenvalue weighted by Gasteiger charge is -2.36. The summed E-state index contributed by atoms with van der Waals surface area (Å²) in [5, 5.41) is 2.95. The zero-order valence-electron chi connectivity index (χ0n) is 23.7. The highest BCUT2D eigenvalue weighted by atomic mass is 32.2. The minimum Gasteiger partial charge on any atom is -0.491 e. The highest BCUT2D eigenvalue weighted by molar-refractivity contribution is 7.92. The number of carbonyl (C=O) groups is 2. The topological polar surface area (TPSA) is 117 Å². The Balaban J connectivity index is 1.97. The normalized spacial score (nSPS) is 20.9. The van der Waals surface area contributed by atoms with Crippen LogP contribution in [0.3, 0.4) is 0 Å². The van der Waals surface area contributed by atoms with E-state index in [2.05, 4.69) is 10.0 Å². The van der Waals surface area contributed by atoms with Crippen LogP contribution in [0.4, 0.5) is 10.5 Å². The van der Waals surface area contributed by atoms with Gasteiger partial charge in [0.15, 0.2) is 0 Å². The number of nitrogens with one attached hydrogen (secondary N) is 2. The van der Waals surface area contributed by atoms with Crippen molar-refractivity contribution in [2.24, 2.45) is 5.92 Å². The van der Waals surface area contributed by atoms with E-state index in [1.165, 1.54) is 23.1 Å². The van der Waals surface area contributed by atoms with Crippen LogP contribution in [0.5, 0.6) is 5.75 Å². The molecule has 1 aliphatic rings. The summed E-state index contributed by atoms with van der Waals surface area (Å²) in [6, 6.07) is 10.5. The molecule has 1 heterocycles. The fraction of sp³-hybridized carbons (Fsp3) is 0.500. The highest BCUT2D eigenvalue weighted by Crippen LogP contribution is 2.28. The summed E-state index contributed by atoms with van der Waals surface area (Å²) in [7, 11) is -0.626. The smallest absolute Gasteiger partial charge is 0.317 e. The fourth-order valence-electron chi connectivity index (χ4n) is 4.38. The first-order chi connectivity index (χ1) is 18.3. The van der Waals surface area contributed by atoms with Gasteiger partial charge in [0.2, 0.25) is 0 Å². The lowest BCUT2D eigenvalue weighted by atomic mass is 10.0. The average Bonchev–Trinajstić information content (AvgIpc) is 2.87. The van der Waals surface area contributed by atoms with Crippen LogP contribution in [-0.2, 0) is 14.8 Å². The molecule has 0 unspecified atom stereocenters. The molecule has 2 N–H and O–H groups in total. The Morgan fingerprint density at radius 3 is 2.38 bits per heavy atom. The number of aryl methyl sites for hydroxylation is 1. The molecule has 10 nitrogen and oxygen atoms in total. The monoisotopic (exact) mass is 560 g/mol. The maximum Gasteiger partial charge on any atom is 0.317 e. The summed E-state index contributed by atoms with van der Waals surface area (Å²) in [6.45, 7) is 10.4. The SMILES string of the molecule is CO[C@@H]1CN(C)C(=O)c2cc(NS(=O)(=O)c3ccc(C)cc3)ccc2OC[C@H](C)N(C(=O)NC(C)C)C[C@H]1C. The number of fused-ring (bicyclic) bond motifs is 1. The van der Waals surface area contributed by atoms with Crippen LogP contribution in [0.15, 0.2) is 47.4 Å². The Labute approximate surface area is 231 Å². The number of amides is 3. The van der Waals surface area contributed by atoms with Gasteiger partial charge < -0.3 is 24.6 Å². The predicted octanol–water partition coefficient (Wildman–Crippen LogP) is 3.72. The number of nitrogens with zero attached hydrogens (tertiary/aromatic N) is 2. The summed E-state index contributed by atoms with van der Waals surface area (Å²) in [4.78, 5) is 30.0. The molecule has 2 aromatic carbocycles. The van der Waals surface area contributed by atoms with Gasteiger partial charge in [-0.25, -0.2) is 13.2 Å². The number of urea groups is 1. The van der Waals surface area contributed by atoms with Gasteiger partial charge in [-0.15, -0.1) is 0 Å². The van der Waals surface area contributed by atoms with Gasteiger partial charge in [-0.2, -0.15) is 0 Å². The number of sulfonamides is 1. The van der Waals surface area contributed by atoms with E-state index in [0.717, 1.165) is 5.56 Å². The lowest BCUT2D eigenvalue weighted by Crippen LogP contribution is -2.52. The number of carbonyl (C=O) groups excluding carboxylic acids is 2. The van der Waals surface area contributed by atoms with Crippen LogP contribution >= 0.6 is 0 Å². The summed E-state index contributed by atoms with van der Waals surface area (Å²) in [5.41, 5.74) is 1.38. The molecule has 0 aromatic heterocycles. The molecule has 11 heteroatoms. The van der Waals surface area contributed by atoms with Gasteiger partial charge in [0.25, 0.3) is 15.9 Å². The standard InChI is InChI=1S/C28H40N4O6S/c1-18(2)29-28(34)32-15-20(4)26(37-7)16-31(6)27(33)24-14-22(10-13-25(24)38-17-21(32)5)30-39(35,36)23-11-8-19(3)9-12-23/h8-14,18,20-21,26,30H,15-17H2,1-7H3,(H,29,34)/t20-,21+,26-/m1/s1. The molecule has 2 aromatic rings. The van der Waals surface area contributed by atoms with E-state index in [1.807, 2.05) is 34.6 Å². The molecule has 0 bridgehead atoms. The molecule has 3 rings (SSSR count). The molecular formula is C28H40N4O6S. The van der Waals surface area contributed by atoms with Crippen LogP contribution in [0.1, 0.15) is 43.6 Å². The second-order valence-electron chi connectivity index (χ2n) is 10.5. The number of ether oxygens (including phenoxy) is 2. The van der Waals surface area contributed by atoms with Crippen LogP contribution < -0.4 is 14.8 Å². The minimum atomic E-state index is -3.87. The largest absolute Gasteiger partial charge is 0.491 e. The predicted molar refractivity (Wildman–Crippen MR) is 151 cm³/mol. The van der Waals surface area contributed by atoms with Crippen molar-refractivity contribution in [2.45, 2.75) is 57.7 Å². The molecule has 3 amide bonds. The molecule has 0 fully saturated rings. The van der Waals surface area contributed by atoms with Crippen molar-refractivity contribution in [2.75, 3.05) is 38.6 Å². The van der Waals surface area contributed by atoms with E-state index < -0.39 is 10.0 Å². The van der Waals surface area contributed by atoms with Crippen molar-refractivity contribution in [3.8, 4) is 5.75 Å². The van der Waals surface area contributed by atoms with E-state index in [1.54, 1.807) is 43.3 Å². The first-order valence-electron chi connectivity index (χ1n) is 13.0. The minimum absolute atomic E-state index is 0.0351. The maximum atomic E-state index is 13.6. The van der Waals surface area contributed by atoms with Crippen molar-refractivity contribution in [3.63, 3.8) is 0 Å². The number of anilines is 1. The molecular weight excluding hydrogens is 520 g/mol. The van der Waals surface area contributed by atoms with Crippen LogP contribution in [0.2, 0.25) is 0 Å². The summed E-state index contributed by atoms with van der Waals surface area (Å²) < 4.78 is 40.3. The number of hydrogen-bond donors (Lipinski definition) is 2. The van der Waals surface area contributed by atoms with Crippen molar-refractivity contribution >= 4 is 27.6 Å². The van der Waals surface area contributed by atoms with Gasteiger partial charge in [0, 0.05) is 44.9 Å². The highest BCUT2D eigenvalue weighted by Gasteiger charge is 2.31. The third-order valence-corrected chi connectivity index (χ3v) is 8.10. The van der Waals surface area contributed by atoms with Crippen molar-refractivity contribution in [1.29, 1.82) is 0 Å². The van der Waals surface area contributed by atoms with Gasteiger partial charge in [-0.1, -0.05) is 24.6 Å². The van der Waals surface area contributed by atoms with E-state index >= 15 is 0 Å². The van der Waals surface area contributed by atoms with Crippen molar-refractivity contribution < 1.29 is 27.5 Å². The zero-order valence-corrected chi connectivity index (χ0v) is 24.5. The van der Waals surface area contributed by atoms with E-state index in [9.17, 15) is 18.0 Å². The van der Waals surface area contributed by atoms with Crippen LogP contribution in [0.25, 0.3) is 0 Å². The number of rotatable bonds is 5. The van der Waals surface area contributed by atoms with Gasteiger partial charge >= 0.3 is 6.03 Å². The Morgan fingerprint density at radius 1 is 1.10 bits per heavy atom. The van der Waals surface area contributed by atoms with E-state index in [0.29, 0.717) is 12.3 Å². The Morgan fingerprint density at radius 2 is 1.77 bits per heavy atom. The molecule has 214 valence electrons. The molecule has 39 heavy (non-hydrogen) atoms. The molecule has 0 radical (unpaired) electrons. The second kappa shape index (κ2) is 12.7. The Kier molecular flexibility index (Phi) is 9.84. The first kappa shape index (κ1) is 30.2. The van der Waals surface area contributed by atoms with Gasteiger partial charge in [-0.3, -0.25) is 9.52 Å². The quantitative estimate of drug-likeness (QED) is 0.576. The molecule has 0 spiro atoms. The number of methoxy groups -OCH3 is 1. The molecule has 0 saturated carbocycles.